The van der Waals surface area contributed by atoms with Crippen LogP contribution in [0, 0.1) is 0 Å². The highest BCUT2D eigenvalue weighted by Gasteiger charge is 2.32. The maximum Gasteiger partial charge on any atom is 0.262 e. The number of fused-ring (bicyclic) bond motifs is 2. The molecule has 1 aromatic heterocycles. The molecule has 0 atom stereocenters. The molecule has 2 aliphatic heterocycles. The Hall–Kier alpha value is -3.62. The first kappa shape index (κ1) is 15.9. The smallest absolute Gasteiger partial charge is 0.262 e. The minimum absolute atomic E-state index is 0.0516. The number of benzene rings is 1. The van der Waals surface area contributed by atoms with Gasteiger partial charge in [0, 0.05) is 13.1 Å². The number of nitrogen functional groups attached to an aromatic ring is 1. The summed E-state index contributed by atoms with van der Waals surface area (Å²) in [6, 6.07) is 5.68. The Morgan fingerprint density at radius 1 is 1.08 bits per heavy atom. The zero-order valence-corrected chi connectivity index (χ0v) is 13.7. The number of rotatable bonds is 1. The number of hydrogen-bond donors (Lipinski definition) is 2. The highest BCUT2D eigenvalue weighted by Crippen LogP contribution is 2.28. The van der Waals surface area contributed by atoms with Crippen LogP contribution in [0.25, 0.3) is 5.69 Å². The largest absolute Gasteiger partial charge is 0.491 e. The summed E-state index contributed by atoms with van der Waals surface area (Å²) < 4.78 is 6.65. The van der Waals surface area contributed by atoms with Crippen molar-refractivity contribution in [3.63, 3.8) is 0 Å². The number of imide groups is 1. The number of nitrogens with one attached hydrogen (secondary N) is 1. The fourth-order valence-electron chi connectivity index (χ4n) is 3.10. The molecule has 0 bridgehead atoms. The number of anilines is 1. The molecule has 0 spiro atoms. The first-order valence-electron chi connectivity index (χ1n) is 7.82. The molecule has 0 saturated heterocycles. The van der Waals surface area contributed by atoms with Crippen LogP contribution in [0.2, 0.25) is 0 Å². The molecule has 2 aromatic rings. The Bertz CT molecular complexity index is 1060. The van der Waals surface area contributed by atoms with E-state index in [-0.39, 0.29) is 28.4 Å². The standard InChI is InChI=1S/C17H14N4O5/c1-20-4-5-26-11-3-2-8(6-9(11)17(20)25)21-12(22)7-10-13(14(21)18)16(24)19-15(10)23/h2-3,6-7H,4-5,18H2,1H3,(H,19,23,24). The molecule has 26 heavy (non-hydrogen) atoms. The van der Waals surface area contributed by atoms with Crippen LogP contribution < -0.4 is 21.3 Å². The number of carbonyl (C=O) groups is 3. The highest BCUT2D eigenvalue weighted by molar-refractivity contribution is 6.23. The lowest BCUT2D eigenvalue weighted by molar-refractivity contribution is 0.0795. The zero-order chi connectivity index (χ0) is 18.6. The third-order valence-electron chi connectivity index (χ3n) is 4.44. The number of likely N-dealkylation sites (N-methyl/N-ethyl adjacent to an activating group) is 1. The molecule has 9 nitrogen and oxygen atoms in total. The van der Waals surface area contributed by atoms with Gasteiger partial charge in [-0.2, -0.15) is 0 Å². The number of hydrogen-bond acceptors (Lipinski definition) is 6. The van der Waals surface area contributed by atoms with Crippen molar-refractivity contribution in [2.75, 3.05) is 25.9 Å². The van der Waals surface area contributed by atoms with Crippen LogP contribution in [-0.4, -0.2) is 47.4 Å². The molecule has 3 N–H and O–H groups in total. The van der Waals surface area contributed by atoms with Crippen LogP contribution in [0.1, 0.15) is 31.1 Å². The first-order valence-corrected chi connectivity index (χ1v) is 7.82. The van der Waals surface area contributed by atoms with Crippen molar-refractivity contribution in [3.8, 4) is 11.4 Å². The number of aromatic nitrogens is 1. The van der Waals surface area contributed by atoms with Gasteiger partial charge >= 0.3 is 0 Å². The minimum Gasteiger partial charge on any atom is -0.491 e. The van der Waals surface area contributed by atoms with E-state index in [0.29, 0.717) is 24.6 Å². The fraction of sp³-hybridized carbons (Fsp3) is 0.176. The van der Waals surface area contributed by atoms with Gasteiger partial charge in [0.1, 0.15) is 18.2 Å². The summed E-state index contributed by atoms with van der Waals surface area (Å²) in [5.41, 5.74) is 5.91. The van der Waals surface area contributed by atoms with Gasteiger partial charge in [-0.25, -0.2) is 0 Å². The first-order chi connectivity index (χ1) is 12.4. The van der Waals surface area contributed by atoms with Gasteiger partial charge in [0.15, 0.2) is 0 Å². The molecule has 0 aliphatic carbocycles. The van der Waals surface area contributed by atoms with Crippen molar-refractivity contribution in [3.05, 3.63) is 51.3 Å². The molecule has 3 amide bonds. The van der Waals surface area contributed by atoms with E-state index >= 15 is 0 Å². The molecule has 0 fully saturated rings. The van der Waals surface area contributed by atoms with E-state index < -0.39 is 17.4 Å². The zero-order valence-electron chi connectivity index (χ0n) is 13.7. The lowest BCUT2D eigenvalue weighted by Gasteiger charge is -2.15. The van der Waals surface area contributed by atoms with Gasteiger partial charge < -0.3 is 15.4 Å². The second-order valence-corrected chi connectivity index (χ2v) is 6.03. The lowest BCUT2D eigenvalue weighted by Crippen LogP contribution is -2.28. The minimum atomic E-state index is -0.662. The van der Waals surface area contributed by atoms with E-state index in [1.807, 2.05) is 0 Å². The summed E-state index contributed by atoms with van der Waals surface area (Å²) in [6.45, 7) is 0.795. The van der Waals surface area contributed by atoms with Crippen LogP contribution in [0.4, 0.5) is 5.82 Å². The van der Waals surface area contributed by atoms with Crippen LogP contribution >= 0.6 is 0 Å². The van der Waals surface area contributed by atoms with E-state index in [4.69, 9.17) is 10.5 Å². The lowest BCUT2D eigenvalue weighted by atomic mass is 10.1. The highest BCUT2D eigenvalue weighted by atomic mass is 16.5. The number of carbonyl (C=O) groups excluding carboxylic acids is 3. The number of ether oxygens (including phenoxy) is 1. The van der Waals surface area contributed by atoms with Crippen LogP contribution in [0.3, 0.4) is 0 Å². The van der Waals surface area contributed by atoms with Gasteiger partial charge in [-0.3, -0.25) is 29.1 Å². The Balaban J connectivity index is 1.93. The Labute approximate surface area is 147 Å². The Morgan fingerprint density at radius 3 is 2.62 bits per heavy atom. The summed E-state index contributed by atoms with van der Waals surface area (Å²) >= 11 is 0. The van der Waals surface area contributed by atoms with E-state index in [2.05, 4.69) is 5.32 Å². The second kappa shape index (κ2) is 5.45. The molecular formula is C17H14N4O5. The fourth-order valence-corrected chi connectivity index (χ4v) is 3.10. The molecule has 0 radical (unpaired) electrons. The molecule has 132 valence electrons. The summed E-state index contributed by atoms with van der Waals surface area (Å²) in [5, 5.41) is 2.11. The van der Waals surface area contributed by atoms with Crippen molar-refractivity contribution in [2.24, 2.45) is 0 Å². The molecular weight excluding hydrogens is 340 g/mol. The predicted octanol–water partition coefficient (Wildman–Crippen LogP) is -0.232. The monoisotopic (exact) mass is 354 g/mol. The number of nitrogens with two attached hydrogens (primary N) is 1. The summed E-state index contributed by atoms with van der Waals surface area (Å²) in [4.78, 5) is 50.2. The number of nitrogens with zero attached hydrogens (tertiary/aromatic N) is 2. The molecule has 4 rings (SSSR count). The molecule has 0 saturated carbocycles. The summed E-state index contributed by atoms with van der Waals surface area (Å²) in [7, 11) is 1.65. The number of pyridine rings is 1. The second-order valence-electron chi connectivity index (χ2n) is 6.03. The van der Waals surface area contributed by atoms with Gasteiger partial charge in [-0.1, -0.05) is 0 Å². The van der Waals surface area contributed by atoms with Crippen molar-refractivity contribution in [1.29, 1.82) is 0 Å². The SMILES string of the molecule is CN1CCOc2ccc(-n3c(N)c4c(cc3=O)C(=O)NC4=O)cc2C1=O. The molecule has 9 heteroatoms. The Morgan fingerprint density at radius 2 is 1.85 bits per heavy atom. The normalized spacial score (nSPS) is 15.9. The van der Waals surface area contributed by atoms with Gasteiger partial charge in [0.25, 0.3) is 23.3 Å². The van der Waals surface area contributed by atoms with Crippen molar-refractivity contribution < 1.29 is 19.1 Å². The average Bonchev–Trinajstić information content (AvgIpc) is 2.80. The molecule has 2 aliphatic rings. The van der Waals surface area contributed by atoms with E-state index in [9.17, 15) is 19.2 Å². The van der Waals surface area contributed by atoms with Crippen LogP contribution in [0.5, 0.6) is 5.75 Å². The molecule has 3 heterocycles. The predicted molar refractivity (Wildman–Crippen MR) is 90.7 cm³/mol. The molecule has 0 unspecified atom stereocenters. The maximum atomic E-state index is 12.5. The third kappa shape index (κ3) is 2.17. The quantitative estimate of drug-likeness (QED) is 0.682. The van der Waals surface area contributed by atoms with Crippen molar-refractivity contribution >= 4 is 23.5 Å². The van der Waals surface area contributed by atoms with Crippen molar-refractivity contribution in [2.45, 2.75) is 0 Å². The van der Waals surface area contributed by atoms with E-state index in [1.54, 1.807) is 19.2 Å². The number of amides is 3. The topological polar surface area (TPSA) is 124 Å². The molecule has 1 aromatic carbocycles. The van der Waals surface area contributed by atoms with Gasteiger partial charge in [0.2, 0.25) is 0 Å². The Kier molecular flexibility index (Phi) is 3.33. The third-order valence-corrected chi connectivity index (χ3v) is 4.44. The van der Waals surface area contributed by atoms with Gasteiger partial charge in [-0.15, -0.1) is 0 Å². The van der Waals surface area contributed by atoms with Gasteiger partial charge in [0.05, 0.1) is 28.9 Å². The van der Waals surface area contributed by atoms with Crippen LogP contribution in [-0.2, 0) is 0 Å². The summed E-state index contributed by atoms with van der Waals surface area (Å²) in [5.74, 6) is -1.33. The van der Waals surface area contributed by atoms with E-state index in [0.717, 1.165) is 10.6 Å². The summed E-state index contributed by atoms with van der Waals surface area (Å²) in [6.07, 6.45) is 0. The average molecular weight is 354 g/mol. The van der Waals surface area contributed by atoms with Gasteiger partial charge in [-0.05, 0) is 18.2 Å². The van der Waals surface area contributed by atoms with E-state index in [1.165, 1.54) is 11.0 Å². The maximum absolute atomic E-state index is 12.5. The van der Waals surface area contributed by atoms with Crippen molar-refractivity contribution in [1.82, 2.24) is 14.8 Å². The van der Waals surface area contributed by atoms with Crippen LogP contribution in [0.15, 0.2) is 29.1 Å².